The molecule has 0 saturated carbocycles. The van der Waals surface area contributed by atoms with Gasteiger partial charge in [0.2, 0.25) is 0 Å². The Hall–Kier alpha value is -1.07. The van der Waals surface area contributed by atoms with Crippen molar-refractivity contribution in [3.63, 3.8) is 0 Å². The summed E-state index contributed by atoms with van der Waals surface area (Å²) in [5.74, 6) is 0. The molecule has 0 radical (unpaired) electrons. The maximum Gasteiger partial charge on any atom is 0.411 e. The fourth-order valence-corrected chi connectivity index (χ4v) is 2.66. The number of carbonyl (C=O) groups excluding carboxylic acids is 1. The zero-order chi connectivity index (χ0) is 13.7. The maximum absolute atomic E-state index is 11.8. The number of anilines is 1. The van der Waals surface area contributed by atoms with Gasteiger partial charge in [0.1, 0.15) is 6.10 Å². The Labute approximate surface area is 122 Å². The highest BCUT2D eigenvalue weighted by atomic mass is 79.9. The first-order chi connectivity index (χ1) is 9.17. The van der Waals surface area contributed by atoms with Crippen LogP contribution in [0.3, 0.4) is 0 Å². The Balaban J connectivity index is 1.84. The fourth-order valence-electron chi connectivity index (χ4n) is 2.26. The first kappa shape index (κ1) is 14.3. The normalized spacial score (nSPS) is 20.0. The minimum absolute atomic E-state index is 0.000790. The molecule has 2 rings (SSSR count). The Morgan fingerprint density at radius 3 is 3.16 bits per heavy atom. The molecule has 4 nitrogen and oxygen atoms in total. The second kappa shape index (κ2) is 6.91. The van der Waals surface area contributed by atoms with E-state index in [0.29, 0.717) is 0 Å². The van der Waals surface area contributed by atoms with E-state index in [9.17, 15) is 4.79 Å². The summed E-state index contributed by atoms with van der Waals surface area (Å²) in [6.45, 7) is 5.07. The summed E-state index contributed by atoms with van der Waals surface area (Å²) in [5, 5.41) is 2.75. The Morgan fingerprint density at radius 1 is 1.58 bits per heavy atom. The van der Waals surface area contributed by atoms with Crippen LogP contribution in [0.4, 0.5) is 10.5 Å². The van der Waals surface area contributed by atoms with Gasteiger partial charge in [0.25, 0.3) is 0 Å². The van der Waals surface area contributed by atoms with E-state index in [2.05, 4.69) is 33.1 Å². The van der Waals surface area contributed by atoms with Crippen LogP contribution in [-0.4, -0.2) is 36.7 Å². The van der Waals surface area contributed by atoms with Crippen LogP contribution in [-0.2, 0) is 4.74 Å². The number of amides is 1. The van der Waals surface area contributed by atoms with Gasteiger partial charge in [-0.2, -0.15) is 0 Å². The van der Waals surface area contributed by atoms with Gasteiger partial charge in [-0.15, -0.1) is 0 Å². The molecule has 19 heavy (non-hydrogen) atoms. The van der Waals surface area contributed by atoms with Crippen molar-refractivity contribution >= 4 is 27.7 Å². The van der Waals surface area contributed by atoms with E-state index in [1.807, 2.05) is 24.3 Å². The molecular weight excluding hydrogens is 308 g/mol. The van der Waals surface area contributed by atoms with Crippen molar-refractivity contribution in [2.24, 2.45) is 0 Å². The second-order valence-corrected chi connectivity index (χ2v) is 5.61. The lowest BCUT2D eigenvalue weighted by Gasteiger charge is -2.31. The number of nitrogens with zero attached hydrogens (tertiary/aromatic N) is 1. The lowest BCUT2D eigenvalue weighted by molar-refractivity contribution is 0.0520. The van der Waals surface area contributed by atoms with Crippen molar-refractivity contribution in [2.75, 3.05) is 25.0 Å². The van der Waals surface area contributed by atoms with Crippen LogP contribution < -0.4 is 5.32 Å². The number of hydrogen-bond acceptors (Lipinski definition) is 3. The van der Waals surface area contributed by atoms with Gasteiger partial charge in [0.05, 0.1) is 0 Å². The quantitative estimate of drug-likeness (QED) is 0.924. The number of carbonyl (C=O) groups is 1. The van der Waals surface area contributed by atoms with Crippen molar-refractivity contribution in [3.8, 4) is 0 Å². The fraction of sp³-hybridized carbons (Fsp3) is 0.500. The number of halogens is 1. The number of piperidine rings is 1. The molecule has 1 amide bonds. The van der Waals surface area contributed by atoms with Crippen molar-refractivity contribution in [2.45, 2.75) is 25.9 Å². The van der Waals surface area contributed by atoms with Crippen LogP contribution >= 0.6 is 15.9 Å². The molecule has 1 aliphatic heterocycles. The van der Waals surface area contributed by atoms with Crippen molar-refractivity contribution in [1.82, 2.24) is 4.90 Å². The molecule has 1 aliphatic rings. The third kappa shape index (κ3) is 4.51. The van der Waals surface area contributed by atoms with Crippen molar-refractivity contribution in [3.05, 3.63) is 28.7 Å². The van der Waals surface area contributed by atoms with Gasteiger partial charge in [0.15, 0.2) is 0 Å². The molecule has 0 aliphatic carbocycles. The number of hydrogen-bond donors (Lipinski definition) is 1. The van der Waals surface area contributed by atoms with Crippen LogP contribution in [0.25, 0.3) is 0 Å². The molecule has 104 valence electrons. The van der Waals surface area contributed by atoms with Crippen LogP contribution in [0.5, 0.6) is 0 Å². The molecular formula is C14H19BrN2O2. The third-order valence-electron chi connectivity index (χ3n) is 3.25. The van der Waals surface area contributed by atoms with Gasteiger partial charge >= 0.3 is 6.09 Å². The highest BCUT2D eigenvalue weighted by Crippen LogP contribution is 2.17. The number of ether oxygens (including phenoxy) is 1. The predicted molar refractivity (Wildman–Crippen MR) is 79.4 cm³/mol. The topological polar surface area (TPSA) is 41.6 Å². The first-order valence-electron chi connectivity index (χ1n) is 6.63. The first-order valence-corrected chi connectivity index (χ1v) is 7.42. The third-order valence-corrected chi connectivity index (χ3v) is 3.75. The average Bonchev–Trinajstić information content (AvgIpc) is 2.38. The zero-order valence-corrected chi connectivity index (χ0v) is 12.6. The molecule has 0 bridgehead atoms. The minimum Gasteiger partial charge on any atom is -0.445 e. The van der Waals surface area contributed by atoms with Crippen LogP contribution in [0.2, 0.25) is 0 Å². The van der Waals surface area contributed by atoms with E-state index in [-0.39, 0.29) is 12.2 Å². The van der Waals surface area contributed by atoms with Gasteiger partial charge in [-0.3, -0.25) is 10.2 Å². The summed E-state index contributed by atoms with van der Waals surface area (Å²) in [7, 11) is 0. The van der Waals surface area contributed by atoms with Gasteiger partial charge in [-0.25, -0.2) is 4.79 Å². The summed E-state index contributed by atoms with van der Waals surface area (Å²) < 4.78 is 6.39. The summed E-state index contributed by atoms with van der Waals surface area (Å²) in [6, 6.07) is 7.47. The molecule has 1 fully saturated rings. The average molecular weight is 327 g/mol. The largest absolute Gasteiger partial charge is 0.445 e. The number of likely N-dealkylation sites (tertiary alicyclic amines) is 1. The summed E-state index contributed by atoms with van der Waals surface area (Å²) in [5.41, 5.74) is 0.738. The highest BCUT2D eigenvalue weighted by molar-refractivity contribution is 9.10. The maximum atomic E-state index is 11.8. The molecule has 1 atom stereocenters. The SMILES string of the molecule is CCN1CCCC(OC(=O)Nc2cccc(Br)c2)C1. The second-order valence-electron chi connectivity index (χ2n) is 4.70. The summed E-state index contributed by atoms with van der Waals surface area (Å²) in [4.78, 5) is 14.1. The molecule has 1 heterocycles. The zero-order valence-electron chi connectivity index (χ0n) is 11.1. The molecule has 1 aromatic carbocycles. The standard InChI is InChI=1S/C14H19BrN2O2/c1-2-17-8-4-7-13(10-17)19-14(18)16-12-6-3-5-11(15)9-12/h3,5-6,9,13H,2,4,7-8,10H2,1H3,(H,16,18). The molecule has 1 unspecified atom stereocenters. The van der Waals surface area contributed by atoms with E-state index < -0.39 is 0 Å². The molecule has 1 aromatic rings. The number of benzene rings is 1. The summed E-state index contributed by atoms with van der Waals surface area (Å²) in [6.07, 6.45) is 1.66. The van der Waals surface area contributed by atoms with Gasteiger partial charge in [-0.05, 0) is 44.1 Å². The van der Waals surface area contributed by atoms with Gasteiger partial charge in [-0.1, -0.05) is 28.9 Å². The monoisotopic (exact) mass is 326 g/mol. The van der Waals surface area contributed by atoms with Crippen LogP contribution in [0.15, 0.2) is 28.7 Å². The number of likely N-dealkylation sites (N-methyl/N-ethyl adjacent to an activating group) is 1. The van der Waals surface area contributed by atoms with E-state index in [0.717, 1.165) is 42.6 Å². The van der Waals surface area contributed by atoms with Crippen LogP contribution in [0.1, 0.15) is 19.8 Å². The Kier molecular flexibility index (Phi) is 5.22. The van der Waals surface area contributed by atoms with Crippen molar-refractivity contribution < 1.29 is 9.53 Å². The van der Waals surface area contributed by atoms with E-state index in [1.54, 1.807) is 0 Å². The molecule has 0 aromatic heterocycles. The highest BCUT2D eigenvalue weighted by Gasteiger charge is 2.21. The van der Waals surface area contributed by atoms with Crippen molar-refractivity contribution in [1.29, 1.82) is 0 Å². The Morgan fingerprint density at radius 2 is 2.42 bits per heavy atom. The molecule has 5 heteroatoms. The summed E-state index contributed by atoms with van der Waals surface area (Å²) >= 11 is 3.37. The van der Waals surface area contributed by atoms with E-state index in [4.69, 9.17) is 4.74 Å². The van der Waals surface area contributed by atoms with E-state index >= 15 is 0 Å². The van der Waals surface area contributed by atoms with Gasteiger partial charge < -0.3 is 4.74 Å². The lowest BCUT2D eigenvalue weighted by Crippen LogP contribution is -2.40. The molecule has 1 N–H and O–H groups in total. The van der Waals surface area contributed by atoms with Crippen LogP contribution in [0, 0.1) is 0 Å². The molecule has 0 spiro atoms. The number of rotatable bonds is 3. The van der Waals surface area contributed by atoms with Gasteiger partial charge in [0, 0.05) is 16.7 Å². The Bertz CT molecular complexity index is 439. The number of nitrogens with one attached hydrogen (secondary N) is 1. The minimum atomic E-state index is -0.374. The molecule has 1 saturated heterocycles. The smallest absolute Gasteiger partial charge is 0.411 e. The van der Waals surface area contributed by atoms with E-state index in [1.165, 1.54) is 0 Å². The predicted octanol–water partition coefficient (Wildman–Crippen LogP) is 3.48. The lowest BCUT2D eigenvalue weighted by atomic mass is 10.1.